The van der Waals surface area contributed by atoms with Gasteiger partial charge < -0.3 is 11.1 Å². The molecule has 2 aromatic rings. The number of carbonyl (C=O) groups is 1. The topological polar surface area (TPSA) is 72.9 Å². The molecule has 0 aliphatic heterocycles. The second kappa shape index (κ2) is 5.32. The van der Waals surface area contributed by atoms with Crippen LogP contribution in [-0.2, 0) is 13.6 Å². The van der Waals surface area contributed by atoms with Gasteiger partial charge in [-0.3, -0.25) is 9.48 Å². The molecule has 20 heavy (non-hydrogen) atoms. The van der Waals surface area contributed by atoms with Gasteiger partial charge in [0.05, 0.1) is 11.3 Å². The first-order chi connectivity index (χ1) is 9.40. The lowest BCUT2D eigenvalue weighted by molar-refractivity contribution is 0.0947. The minimum atomic E-state index is -0.587. The van der Waals surface area contributed by atoms with Crippen LogP contribution in [0.2, 0.25) is 0 Å². The minimum absolute atomic E-state index is 0.0517. The summed E-state index contributed by atoms with van der Waals surface area (Å²) in [5, 5.41) is 6.95. The fraction of sp³-hybridized carbons (Fsp3) is 0.286. The van der Waals surface area contributed by atoms with Crippen LogP contribution >= 0.6 is 0 Å². The fourth-order valence-electron chi connectivity index (χ4n) is 2.05. The molecule has 0 spiro atoms. The number of amides is 1. The Kier molecular flexibility index (Phi) is 3.74. The van der Waals surface area contributed by atoms with Crippen LogP contribution in [-0.4, -0.2) is 15.7 Å². The largest absolute Gasteiger partial charge is 0.399 e. The van der Waals surface area contributed by atoms with Crippen LogP contribution in [0.3, 0.4) is 0 Å². The van der Waals surface area contributed by atoms with Crippen molar-refractivity contribution in [1.29, 1.82) is 0 Å². The van der Waals surface area contributed by atoms with E-state index in [0.29, 0.717) is 12.2 Å². The maximum Gasteiger partial charge on any atom is 0.254 e. The van der Waals surface area contributed by atoms with Gasteiger partial charge in [-0.05, 0) is 32.0 Å². The van der Waals surface area contributed by atoms with Crippen LogP contribution < -0.4 is 11.1 Å². The van der Waals surface area contributed by atoms with Crippen LogP contribution in [0.5, 0.6) is 0 Å². The van der Waals surface area contributed by atoms with Gasteiger partial charge in [-0.15, -0.1) is 0 Å². The number of hydrogen-bond donors (Lipinski definition) is 2. The van der Waals surface area contributed by atoms with Crippen molar-refractivity contribution in [2.45, 2.75) is 20.4 Å². The van der Waals surface area contributed by atoms with Gasteiger partial charge in [0.15, 0.2) is 0 Å². The van der Waals surface area contributed by atoms with Gasteiger partial charge in [0.2, 0.25) is 0 Å². The van der Waals surface area contributed by atoms with Crippen LogP contribution in [0.25, 0.3) is 0 Å². The molecule has 1 aromatic carbocycles. The lowest BCUT2D eigenvalue weighted by Gasteiger charge is -2.07. The summed E-state index contributed by atoms with van der Waals surface area (Å²) >= 11 is 0. The van der Waals surface area contributed by atoms with Gasteiger partial charge in [-0.2, -0.15) is 5.10 Å². The standard InChI is InChI=1S/C14H17FN4O/c1-8-12(9(2)19(3)18-8)7-17-14(20)11-6-10(16)4-5-13(11)15/h4-6H,7,16H2,1-3H3,(H,17,20). The number of halogens is 1. The zero-order valence-electron chi connectivity index (χ0n) is 11.7. The minimum Gasteiger partial charge on any atom is -0.399 e. The monoisotopic (exact) mass is 276 g/mol. The summed E-state index contributed by atoms with van der Waals surface area (Å²) in [4.78, 5) is 12.0. The average molecular weight is 276 g/mol. The number of carbonyl (C=O) groups excluding carboxylic acids is 1. The molecule has 106 valence electrons. The van der Waals surface area contributed by atoms with E-state index in [0.717, 1.165) is 17.0 Å². The quantitative estimate of drug-likeness (QED) is 0.838. The van der Waals surface area contributed by atoms with Crippen molar-refractivity contribution in [1.82, 2.24) is 15.1 Å². The van der Waals surface area contributed by atoms with Gasteiger partial charge in [0.25, 0.3) is 5.91 Å². The number of nitrogen functional groups attached to an aromatic ring is 1. The normalized spacial score (nSPS) is 10.6. The van der Waals surface area contributed by atoms with Crippen molar-refractivity contribution in [2.75, 3.05) is 5.73 Å². The number of anilines is 1. The highest BCUT2D eigenvalue weighted by Gasteiger charge is 2.14. The van der Waals surface area contributed by atoms with E-state index in [9.17, 15) is 9.18 Å². The molecule has 0 saturated heterocycles. The first-order valence-corrected chi connectivity index (χ1v) is 6.22. The Hall–Kier alpha value is -2.37. The third-order valence-corrected chi connectivity index (χ3v) is 3.32. The summed E-state index contributed by atoms with van der Waals surface area (Å²) in [6.45, 7) is 4.09. The summed E-state index contributed by atoms with van der Waals surface area (Å²) in [6.07, 6.45) is 0. The van der Waals surface area contributed by atoms with Crippen LogP contribution in [0, 0.1) is 19.7 Å². The molecule has 0 radical (unpaired) electrons. The van der Waals surface area contributed by atoms with Crippen molar-refractivity contribution in [3.8, 4) is 0 Å². The first kappa shape index (κ1) is 14.0. The van der Waals surface area contributed by atoms with Crippen LogP contribution in [0.15, 0.2) is 18.2 Å². The van der Waals surface area contributed by atoms with E-state index in [1.807, 2.05) is 20.9 Å². The SMILES string of the molecule is Cc1nn(C)c(C)c1CNC(=O)c1cc(N)ccc1F. The van der Waals surface area contributed by atoms with Crippen molar-refractivity contribution >= 4 is 11.6 Å². The number of hydrogen-bond acceptors (Lipinski definition) is 3. The molecular weight excluding hydrogens is 259 g/mol. The lowest BCUT2D eigenvalue weighted by atomic mass is 10.1. The number of aryl methyl sites for hydroxylation is 2. The Morgan fingerprint density at radius 1 is 1.45 bits per heavy atom. The molecule has 2 rings (SSSR count). The third kappa shape index (κ3) is 2.64. The number of nitrogens with two attached hydrogens (primary N) is 1. The number of benzene rings is 1. The molecule has 1 heterocycles. The predicted octanol–water partition coefficient (Wildman–Crippen LogP) is 1.69. The van der Waals surface area contributed by atoms with Gasteiger partial charge in [-0.1, -0.05) is 0 Å². The maximum atomic E-state index is 13.6. The van der Waals surface area contributed by atoms with Crippen molar-refractivity contribution in [3.63, 3.8) is 0 Å². The highest BCUT2D eigenvalue weighted by Crippen LogP contribution is 2.14. The predicted molar refractivity (Wildman–Crippen MR) is 74.7 cm³/mol. The molecule has 5 nitrogen and oxygen atoms in total. The van der Waals surface area contributed by atoms with Gasteiger partial charge >= 0.3 is 0 Å². The molecule has 0 aliphatic rings. The summed E-state index contributed by atoms with van der Waals surface area (Å²) < 4.78 is 15.3. The van der Waals surface area contributed by atoms with Crippen molar-refractivity contribution in [3.05, 3.63) is 46.5 Å². The highest BCUT2D eigenvalue weighted by atomic mass is 19.1. The van der Waals surface area contributed by atoms with E-state index in [2.05, 4.69) is 10.4 Å². The molecule has 0 unspecified atom stereocenters. The van der Waals surface area contributed by atoms with E-state index in [4.69, 9.17) is 5.73 Å². The Morgan fingerprint density at radius 2 is 2.15 bits per heavy atom. The third-order valence-electron chi connectivity index (χ3n) is 3.32. The number of rotatable bonds is 3. The van der Waals surface area contributed by atoms with Gasteiger partial charge in [0.1, 0.15) is 5.82 Å². The van der Waals surface area contributed by atoms with E-state index < -0.39 is 11.7 Å². The van der Waals surface area contributed by atoms with Crippen LogP contribution in [0.4, 0.5) is 10.1 Å². The Balaban J connectivity index is 2.15. The highest BCUT2D eigenvalue weighted by molar-refractivity contribution is 5.95. The maximum absolute atomic E-state index is 13.6. The molecule has 3 N–H and O–H groups in total. The Morgan fingerprint density at radius 3 is 2.75 bits per heavy atom. The van der Waals surface area contributed by atoms with Gasteiger partial charge in [0, 0.05) is 30.5 Å². The fourth-order valence-corrected chi connectivity index (χ4v) is 2.05. The second-order valence-electron chi connectivity index (χ2n) is 4.69. The zero-order valence-corrected chi connectivity index (χ0v) is 11.7. The molecule has 0 bridgehead atoms. The summed E-state index contributed by atoms with van der Waals surface area (Å²) in [6, 6.07) is 3.93. The van der Waals surface area contributed by atoms with E-state index >= 15 is 0 Å². The molecular formula is C14H17FN4O. The molecule has 0 saturated carbocycles. The lowest BCUT2D eigenvalue weighted by Crippen LogP contribution is -2.24. The van der Waals surface area contributed by atoms with E-state index in [-0.39, 0.29) is 5.56 Å². The number of nitrogens with one attached hydrogen (secondary N) is 1. The molecule has 0 aliphatic carbocycles. The second-order valence-corrected chi connectivity index (χ2v) is 4.69. The zero-order chi connectivity index (χ0) is 14.9. The molecule has 1 amide bonds. The Labute approximate surface area is 116 Å². The molecule has 6 heteroatoms. The molecule has 1 aromatic heterocycles. The van der Waals surface area contributed by atoms with Crippen LogP contribution in [0.1, 0.15) is 27.3 Å². The summed E-state index contributed by atoms with van der Waals surface area (Å²) in [7, 11) is 1.84. The van der Waals surface area contributed by atoms with Crippen molar-refractivity contribution < 1.29 is 9.18 Å². The van der Waals surface area contributed by atoms with Gasteiger partial charge in [-0.25, -0.2) is 4.39 Å². The number of aromatic nitrogens is 2. The summed E-state index contributed by atoms with van der Waals surface area (Å²) in [5.74, 6) is -1.08. The smallest absolute Gasteiger partial charge is 0.254 e. The Bertz CT molecular complexity index is 663. The first-order valence-electron chi connectivity index (χ1n) is 6.22. The summed E-state index contributed by atoms with van der Waals surface area (Å²) in [5.41, 5.74) is 8.61. The molecule has 0 fully saturated rings. The van der Waals surface area contributed by atoms with Crippen molar-refractivity contribution in [2.24, 2.45) is 7.05 Å². The number of nitrogens with zero attached hydrogens (tertiary/aromatic N) is 2. The van der Waals surface area contributed by atoms with E-state index in [1.165, 1.54) is 18.2 Å². The van der Waals surface area contributed by atoms with E-state index in [1.54, 1.807) is 4.68 Å². The molecule has 0 atom stereocenters. The average Bonchev–Trinajstić information content (AvgIpc) is 2.64.